The Morgan fingerprint density at radius 2 is 2.23 bits per heavy atom. The van der Waals surface area contributed by atoms with Gasteiger partial charge in [-0.15, -0.1) is 0 Å². The molecular weight excluding hydrogens is 162 g/mol. The molecule has 0 unspecified atom stereocenters. The van der Waals surface area contributed by atoms with Crippen molar-refractivity contribution in [3.63, 3.8) is 0 Å². The predicted octanol–water partition coefficient (Wildman–Crippen LogP) is 1.63. The lowest BCUT2D eigenvalue weighted by Crippen LogP contribution is -2.36. The SMILES string of the molecule is CCn1ccnc1C1(N)CCCC1. The summed E-state index contributed by atoms with van der Waals surface area (Å²) in [7, 11) is 0. The Labute approximate surface area is 79.0 Å². The molecule has 2 rings (SSSR count). The molecule has 1 saturated carbocycles. The van der Waals surface area contributed by atoms with E-state index in [4.69, 9.17) is 5.73 Å². The van der Waals surface area contributed by atoms with Gasteiger partial charge in [0.2, 0.25) is 0 Å². The Bertz CT molecular complexity index is 284. The molecule has 0 radical (unpaired) electrons. The molecule has 1 heterocycles. The molecule has 2 N–H and O–H groups in total. The second kappa shape index (κ2) is 3.14. The number of aryl methyl sites for hydroxylation is 1. The molecule has 1 fully saturated rings. The molecule has 0 spiro atoms. The van der Waals surface area contributed by atoms with Gasteiger partial charge in [-0.25, -0.2) is 4.98 Å². The molecule has 0 atom stereocenters. The Hall–Kier alpha value is -0.830. The van der Waals surface area contributed by atoms with Crippen molar-refractivity contribution in [1.29, 1.82) is 0 Å². The van der Waals surface area contributed by atoms with E-state index in [1.807, 2.05) is 12.4 Å². The Balaban J connectivity index is 2.32. The van der Waals surface area contributed by atoms with Gasteiger partial charge in [-0.05, 0) is 19.8 Å². The average Bonchev–Trinajstić information content (AvgIpc) is 2.72. The van der Waals surface area contributed by atoms with E-state index in [-0.39, 0.29) is 5.54 Å². The minimum atomic E-state index is -0.139. The zero-order chi connectivity index (χ0) is 9.31. The van der Waals surface area contributed by atoms with Crippen LogP contribution in [0.15, 0.2) is 12.4 Å². The van der Waals surface area contributed by atoms with Crippen molar-refractivity contribution < 1.29 is 0 Å². The molecule has 3 nitrogen and oxygen atoms in total. The lowest BCUT2D eigenvalue weighted by atomic mass is 9.98. The molecule has 1 aliphatic rings. The number of nitrogens with two attached hydrogens (primary N) is 1. The molecule has 0 aliphatic heterocycles. The van der Waals surface area contributed by atoms with Crippen LogP contribution < -0.4 is 5.73 Å². The molecule has 0 aromatic carbocycles. The van der Waals surface area contributed by atoms with Crippen molar-refractivity contribution in [2.24, 2.45) is 5.73 Å². The summed E-state index contributed by atoms with van der Waals surface area (Å²) in [6.07, 6.45) is 8.53. The fourth-order valence-corrected chi connectivity index (χ4v) is 2.23. The average molecular weight is 179 g/mol. The fourth-order valence-electron chi connectivity index (χ4n) is 2.23. The van der Waals surface area contributed by atoms with Gasteiger partial charge in [-0.2, -0.15) is 0 Å². The molecule has 72 valence electrons. The van der Waals surface area contributed by atoms with Gasteiger partial charge in [0.25, 0.3) is 0 Å². The van der Waals surface area contributed by atoms with E-state index < -0.39 is 0 Å². The molecule has 0 amide bonds. The Morgan fingerprint density at radius 3 is 2.85 bits per heavy atom. The summed E-state index contributed by atoms with van der Waals surface area (Å²) in [5.41, 5.74) is 6.18. The van der Waals surface area contributed by atoms with Crippen molar-refractivity contribution >= 4 is 0 Å². The summed E-state index contributed by atoms with van der Waals surface area (Å²) < 4.78 is 2.16. The molecule has 1 aromatic rings. The zero-order valence-electron chi connectivity index (χ0n) is 8.16. The standard InChI is InChI=1S/C10H17N3/c1-2-13-8-7-12-9(13)10(11)5-3-4-6-10/h7-8H,2-6,11H2,1H3. The largest absolute Gasteiger partial charge is 0.334 e. The van der Waals surface area contributed by atoms with Gasteiger partial charge in [-0.3, -0.25) is 0 Å². The first kappa shape index (κ1) is 8.75. The first-order valence-corrected chi connectivity index (χ1v) is 5.07. The van der Waals surface area contributed by atoms with E-state index in [0.29, 0.717) is 0 Å². The van der Waals surface area contributed by atoms with Gasteiger partial charge in [0, 0.05) is 18.9 Å². The number of rotatable bonds is 2. The smallest absolute Gasteiger partial charge is 0.128 e. The highest BCUT2D eigenvalue weighted by Gasteiger charge is 2.34. The normalized spacial score (nSPS) is 20.8. The van der Waals surface area contributed by atoms with Crippen LogP contribution >= 0.6 is 0 Å². The van der Waals surface area contributed by atoms with Gasteiger partial charge in [0.15, 0.2) is 0 Å². The van der Waals surface area contributed by atoms with Gasteiger partial charge in [0.1, 0.15) is 5.82 Å². The van der Waals surface area contributed by atoms with Crippen molar-refractivity contribution in [2.75, 3.05) is 0 Å². The van der Waals surface area contributed by atoms with Gasteiger partial charge >= 0.3 is 0 Å². The molecule has 0 bridgehead atoms. The molecule has 3 heteroatoms. The maximum Gasteiger partial charge on any atom is 0.128 e. The Morgan fingerprint density at radius 1 is 1.54 bits per heavy atom. The third-order valence-corrected chi connectivity index (χ3v) is 3.00. The summed E-state index contributed by atoms with van der Waals surface area (Å²) in [4.78, 5) is 4.38. The molecule has 1 aliphatic carbocycles. The second-order valence-electron chi connectivity index (χ2n) is 3.90. The van der Waals surface area contributed by atoms with E-state index in [0.717, 1.165) is 25.2 Å². The van der Waals surface area contributed by atoms with Crippen LogP contribution in [0.4, 0.5) is 0 Å². The quantitative estimate of drug-likeness (QED) is 0.750. The van der Waals surface area contributed by atoms with E-state index in [1.54, 1.807) is 0 Å². The summed E-state index contributed by atoms with van der Waals surface area (Å²) in [6.45, 7) is 3.10. The zero-order valence-corrected chi connectivity index (χ0v) is 8.16. The fraction of sp³-hybridized carbons (Fsp3) is 0.700. The van der Waals surface area contributed by atoms with Gasteiger partial charge < -0.3 is 10.3 Å². The number of hydrogen-bond acceptors (Lipinski definition) is 2. The summed E-state index contributed by atoms with van der Waals surface area (Å²) in [6, 6.07) is 0. The van der Waals surface area contributed by atoms with E-state index >= 15 is 0 Å². The minimum absolute atomic E-state index is 0.139. The highest BCUT2D eigenvalue weighted by molar-refractivity contribution is 5.09. The van der Waals surface area contributed by atoms with Crippen LogP contribution in [0, 0.1) is 0 Å². The van der Waals surface area contributed by atoms with Crippen LogP contribution in [-0.2, 0) is 12.1 Å². The number of nitrogens with zero attached hydrogens (tertiary/aromatic N) is 2. The van der Waals surface area contributed by atoms with Crippen LogP contribution in [0.5, 0.6) is 0 Å². The highest BCUT2D eigenvalue weighted by atomic mass is 15.1. The van der Waals surface area contributed by atoms with Crippen molar-refractivity contribution in [3.05, 3.63) is 18.2 Å². The summed E-state index contributed by atoms with van der Waals surface area (Å²) >= 11 is 0. The van der Waals surface area contributed by atoms with Crippen LogP contribution in [0.25, 0.3) is 0 Å². The third kappa shape index (κ3) is 1.37. The van der Waals surface area contributed by atoms with E-state index in [9.17, 15) is 0 Å². The summed E-state index contributed by atoms with van der Waals surface area (Å²) in [5, 5.41) is 0. The molecule has 1 aromatic heterocycles. The van der Waals surface area contributed by atoms with Crippen LogP contribution in [-0.4, -0.2) is 9.55 Å². The van der Waals surface area contributed by atoms with Crippen LogP contribution in [0.2, 0.25) is 0 Å². The van der Waals surface area contributed by atoms with Crippen molar-refractivity contribution in [2.45, 2.75) is 44.7 Å². The lowest BCUT2D eigenvalue weighted by Gasteiger charge is -2.23. The maximum atomic E-state index is 6.32. The van der Waals surface area contributed by atoms with Gasteiger partial charge in [-0.1, -0.05) is 12.8 Å². The molecular formula is C10H17N3. The predicted molar refractivity (Wildman–Crippen MR) is 52.2 cm³/mol. The number of hydrogen-bond donors (Lipinski definition) is 1. The number of aromatic nitrogens is 2. The van der Waals surface area contributed by atoms with Crippen LogP contribution in [0.3, 0.4) is 0 Å². The van der Waals surface area contributed by atoms with Crippen molar-refractivity contribution in [1.82, 2.24) is 9.55 Å². The van der Waals surface area contributed by atoms with Crippen LogP contribution in [0.1, 0.15) is 38.4 Å². The lowest BCUT2D eigenvalue weighted by molar-refractivity contribution is 0.410. The molecule has 0 saturated heterocycles. The Kier molecular flexibility index (Phi) is 2.12. The van der Waals surface area contributed by atoms with Gasteiger partial charge in [0.05, 0.1) is 5.54 Å². The first-order valence-electron chi connectivity index (χ1n) is 5.07. The minimum Gasteiger partial charge on any atom is -0.334 e. The van der Waals surface area contributed by atoms with E-state index in [2.05, 4.69) is 16.5 Å². The second-order valence-corrected chi connectivity index (χ2v) is 3.90. The molecule has 13 heavy (non-hydrogen) atoms. The monoisotopic (exact) mass is 179 g/mol. The topological polar surface area (TPSA) is 43.8 Å². The third-order valence-electron chi connectivity index (χ3n) is 3.00. The number of imidazole rings is 1. The first-order chi connectivity index (χ1) is 6.26. The highest BCUT2D eigenvalue weighted by Crippen LogP contribution is 2.35. The summed E-state index contributed by atoms with van der Waals surface area (Å²) in [5.74, 6) is 1.08. The maximum absolute atomic E-state index is 6.32. The van der Waals surface area contributed by atoms with E-state index in [1.165, 1.54) is 12.8 Å². The van der Waals surface area contributed by atoms with Crippen molar-refractivity contribution in [3.8, 4) is 0 Å².